The van der Waals surface area contributed by atoms with Crippen molar-refractivity contribution in [1.29, 1.82) is 0 Å². The summed E-state index contributed by atoms with van der Waals surface area (Å²) in [6, 6.07) is 7.01. The molecule has 12 heteroatoms. The van der Waals surface area contributed by atoms with Crippen molar-refractivity contribution in [3.8, 4) is 11.5 Å². The zero-order chi connectivity index (χ0) is 27.8. The van der Waals surface area contributed by atoms with Crippen molar-refractivity contribution < 1.29 is 37.5 Å². The number of anilines is 1. The van der Waals surface area contributed by atoms with Crippen molar-refractivity contribution in [2.24, 2.45) is 10.9 Å². The lowest BCUT2D eigenvalue weighted by Gasteiger charge is -2.22. The number of hydrogen-bond acceptors (Lipinski definition) is 7. The number of amides is 1. The van der Waals surface area contributed by atoms with Gasteiger partial charge in [-0.25, -0.2) is 0 Å². The van der Waals surface area contributed by atoms with Gasteiger partial charge in [-0.2, -0.15) is 0 Å². The SMILES string of the molecule is COc1cc(C2=CC3=Nc4cc(CCC(C)(C)O)c(OC(F)(F)F)cc4NC(=O)C3CC2)ccc1[N+](=O)[O-]. The summed E-state index contributed by atoms with van der Waals surface area (Å²) in [5.74, 6) is -1.44. The number of nitro benzene ring substituents is 1. The summed E-state index contributed by atoms with van der Waals surface area (Å²) in [6.45, 7) is 3.10. The highest BCUT2D eigenvalue weighted by atomic mass is 19.4. The first-order valence-electron chi connectivity index (χ1n) is 11.8. The third-order valence-corrected chi connectivity index (χ3v) is 6.36. The molecule has 9 nitrogen and oxygen atoms in total. The predicted molar refractivity (Wildman–Crippen MR) is 134 cm³/mol. The van der Waals surface area contributed by atoms with Gasteiger partial charge in [-0.05, 0) is 80.5 Å². The van der Waals surface area contributed by atoms with Gasteiger partial charge in [0.2, 0.25) is 5.91 Å². The quantitative estimate of drug-likeness (QED) is 0.346. The molecule has 1 atom stereocenters. The van der Waals surface area contributed by atoms with E-state index in [1.807, 2.05) is 0 Å². The summed E-state index contributed by atoms with van der Waals surface area (Å²) in [4.78, 5) is 28.3. The Morgan fingerprint density at radius 1 is 1.21 bits per heavy atom. The minimum absolute atomic E-state index is 0.0775. The fourth-order valence-electron chi connectivity index (χ4n) is 4.45. The molecule has 1 heterocycles. The van der Waals surface area contributed by atoms with Crippen LogP contribution in [0.5, 0.6) is 11.5 Å². The van der Waals surface area contributed by atoms with Crippen LogP contribution in [0.1, 0.15) is 44.2 Å². The molecule has 2 N–H and O–H groups in total. The summed E-state index contributed by atoms with van der Waals surface area (Å²) < 4.78 is 48.7. The number of methoxy groups -OCH3 is 1. The number of carbonyl (C=O) groups is 1. The van der Waals surface area contributed by atoms with Gasteiger partial charge in [-0.3, -0.25) is 19.9 Å². The third-order valence-electron chi connectivity index (χ3n) is 6.36. The van der Waals surface area contributed by atoms with Crippen molar-refractivity contribution in [3.05, 3.63) is 57.6 Å². The number of rotatable bonds is 7. The first kappa shape index (κ1) is 27.1. The van der Waals surface area contributed by atoms with E-state index in [1.54, 1.807) is 32.1 Å². The highest BCUT2D eigenvalue weighted by Crippen LogP contribution is 2.41. The van der Waals surface area contributed by atoms with E-state index in [-0.39, 0.29) is 41.2 Å². The topological polar surface area (TPSA) is 123 Å². The Labute approximate surface area is 216 Å². The maximum atomic E-state index is 13.1. The number of carbonyl (C=O) groups excluding carboxylic acids is 1. The van der Waals surface area contributed by atoms with E-state index in [0.717, 1.165) is 11.6 Å². The summed E-state index contributed by atoms with van der Waals surface area (Å²) in [7, 11) is 1.33. The Kier molecular flexibility index (Phi) is 7.20. The number of nitrogens with one attached hydrogen (secondary N) is 1. The second kappa shape index (κ2) is 10.1. The third kappa shape index (κ3) is 6.13. The molecule has 2 aromatic rings. The number of alkyl halides is 3. The number of halogens is 3. The molecule has 0 bridgehead atoms. The molecule has 1 amide bonds. The lowest BCUT2D eigenvalue weighted by molar-refractivity contribution is -0.385. The molecule has 202 valence electrons. The maximum Gasteiger partial charge on any atom is 0.573 e. The second-order valence-corrected chi connectivity index (χ2v) is 9.77. The molecule has 0 saturated heterocycles. The zero-order valence-electron chi connectivity index (χ0n) is 20.9. The lowest BCUT2D eigenvalue weighted by Crippen LogP contribution is -2.29. The van der Waals surface area contributed by atoms with E-state index < -0.39 is 34.5 Å². The second-order valence-electron chi connectivity index (χ2n) is 9.77. The van der Waals surface area contributed by atoms with Crippen LogP contribution in [0.3, 0.4) is 0 Å². The van der Waals surface area contributed by atoms with Gasteiger partial charge < -0.3 is 19.9 Å². The van der Waals surface area contributed by atoms with E-state index in [4.69, 9.17) is 4.74 Å². The number of aliphatic imine (C=N–C) groups is 1. The van der Waals surface area contributed by atoms with Crippen molar-refractivity contribution >= 4 is 34.3 Å². The molecule has 4 rings (SSSR count). The van der Waals surface area contributed by atoms with Gasteiger partial charge in [-0.1, -0.05) is 0 Å². The number of aryl methyl sites for hydroxylation is 1. The Bertz CT molecular complexity index is 1340. The van der Waals surface area contributed by atoms with Crippen LogP contribution in [-0.2, 0) is 11.2 Å². The first-order chi connectivity index (χ1) is 17.7. The van der Waals surface area contributed by atoms with Gasteiger partial charge in [0.15, 0.2) is 5.75 Å². The van der Waals surface area contributed by atoms with Crippen LogP contribution >= 0.6 is 0 Å². The zero-order valence-corrected chi connectivity index (χ0v) is 20.9. The Morgan fingerprint density at radius 3 is 2.58 bits per heavy atom. The number of aliphatic hydroxyl groups is 1. The summed E-state index contributed by atoms with van der Waals surface area (Å²) in [5, 5.41) is 24.0. The molecule has 0 spiro atoms. The van der Waals surface area contributed by atoms with Crippen molar-refractivity contribution in [2.75, 3.05) is 12.4 Å². The monoisotopic (exact) mass is 533 g/mol. The van der Waals surface area contributed by atoms with Gasteiger partial charge in [-0.15, -0.1) is 13.2 Å². The number of nitrogens with zero attached hydrogens (tertiary/aromatic N) is 2. The van der Waals surface area contributed by atoms with E-state index in [0.29, 0.717) is 24.1 Å². The van der Waals surface area contributed by atoms with Crippen LogP contribution in [0.2, 0.25) is 0 Å². The van der Waals surface area contributed by atoms with Crippen LogP contribution in [0.4, 0.5) is 30.2 Å². The largest absolute Gasteiger partial charge is 0.573 e. The minimum Gasteiger partial charge on any atom is -0.490 e. The van der Waals surface area contributed by atoms with Gasteiger partial charge >= 0.3 is 12.0 Å². The maximum absolute atomic E-state index is 13.1. The predicted octanol–water partition coefficient (Wildman–Crippen LogP) is 5.72. The molecule has 0 saturated carbocycles. The fourth-order valence-corrected chi connectivity index (χ4v) is 4.45. The standard InChI is InChI=1S/C26H26F3N3O6/c1-25(2,34)9-8-16-11-19-20(13-22(16)38-26(27,28)29)31-24(33)17-6-4-14(10-18(17)30-19)15-5-7-21(32(35)36)23(12-15)37-3/h5,7,10-13,17,34H,4,6,8-9H2,1-3H3,(H,31,33). The van der Waals surface area contributed by atoms with E-state index in [1.165, 1.54) is 19.2 Å². The molecule has 38 heavy (non-hydrogen) atoms. The first-order valence-corrected chi connectivity index (χ1v) is 11.8. The number of allylic oxidation sites excluding steroid dienone is 2. The average Bonchev–Trinajstić information content (AvgIpc) is 2.95. The van der Waals surface area contributed by atoms with Gasteiger partial charge in [0.05, 0.1) is 40.6 Å². The fraction of sp³-hybridized carbons (Fsp3) is 0.385. The lowest BCUT2D eigenvalue weighted by atomic mass is 9.84. The molecule has 1 aliphatic heterocycles. The highest BCUT2D eigenvalue weighted by molar-refractivity contribution is 6.19. The van der Waals surface area contributed by atoms with Crippen molar-refractivity contribution in [1.82, 2.24) is 0 Å². The number of nitro groups is 1. The molecule has 1 unspecified atom stereocenters. The summed E-state index contributed by atoms with van der Waals surface area (Å²) in [5.41, 5.74) is 1.08. The van der Waals surface area contributed by atoms with Gasteiger partial charge in [0.25, 0.3) is 0 Å². The van der Waals surface area contributed by atoms with E-state index >= 15 is 0 Å². The molecule has 2 aromatic carbocycles. The smallest absolute Gasteiger partial charge is 0.490 e. The molecule has 1 aliphatic carbocycles. The normalized spacial score (nSPS) is 17.3. The molecule has 0 fully saturated rings. The van der Waals surface area contributed by atoms with Crippen LogP contribution in [0, 0.1) is 16.0 Å². The van der Waals surface area contributed by atoms with E-state index in [9.17, 15) is 33.2 Å². The van der Waals surface area contributed by atoms with Crippen molar-refractivity contribution in [2.45, 2.75) is 51.5 Å². The molecular weight excluding hydrogens is 507 g/mol. The molecule has 2 aliphatic rings. The Morgan fingerprint density at radius 2 is 1.95 bits per heavy atom. The number of ether oxygens (including phenoxy) is 2. The Balaban J connectivity index is 1.77. The van der Waals surface area contributed by atoms with Crippen molar-refractivity contribution in [3.63, 3.8) is 0 Å². The van der Waals surface area contributed by atoms with Crippen LogP contribution in [0.25, 0.3) is 5.57 Å². The number of hydrogen-bond donors (Lipinski definition) is 2. The van der Waals surface area contributed by atoms with Gasteiger partial charge in [0.1, 0.15) is 5.75 Å². The average molecular weight is 534 g/mol. The van der Waals surface area contributed by atoms with Gasteiger partial charge in [0, 0.05) is 12.1 Å². The number of benzene rings is 2. The molecule has 0 aromatic heterocycles. The van der Waals surface area contributed by atoms with Crippen LogP contribution in [-0.4, -0.2) is 40.7 Å². The van der Waals surface area contributed by atoms with Crippen LogP contribution < -0.4 is 14.8 Å². The molecule has 0 radical (unpaired) electrons. The van der Waals surface area contributed by atoms with Crippen LogP contribution in [0.15, 0.2) is 41.4 Å². The summed E-state index contributed by atoms with van der Waals surface area (Å²) in [6.07, 6.45) is -2.14. The number of fused-ring (bicyclic) bond motifs is 2. The highest BCUT2D eigenvalue weighted by Gasteiger charge is 2.35. The Hall–Kier alpha value is -3.93. The molecular formula is C26H26F3N3O6. The van der Waals surface area contributed by atoms with E-state index in [2.05, 4.69) is 15.0 Å². The minimum atomic E-state index is -4.95. The summed E-state index contributed by atoms with van der Waals surface area (Å²) >= 11 is 0.